The molecular formula is C20H26F2IN5O. The Labute approximate surface area is 186 Å². The third kappa shape index (κ3) is 6.41. The second kappa shape index (κ2) is 11.1. The molecular weight excluding hydrogens is 491 g/mol. The van der Waals surface area contributed by atoms with Gasteiger partial charge in [-0.3, -0.25) is 4.99 Å². The summed E-state index contributed by atoms with van der Waals surface area (Å²) in [6.07, 6.45) is 2.19. The van der Waals surface area contributed by atoms with Gasteiger partial charge in [-0.1, -0.05) is 12.1 Å². The van der Waals surface area contributed by atoms with Crippen molar-refractivity contribution in [3.63, 3.8) is 0 Å². The Morgan fingerprint density at radius 1 is 1.28 bits per heavy atom. The van der Waals surface area contributed by atoms with Crippen LogP contribution in [0.15, 0.2) is 47.6 Å². The highest BCUT2D eigenvalue weighted by molar-refractivity contribution is 14.0. The smallest absolute Gasteiger partial charge is 0.191 e. The van der Waals surface area contributed by atoms with Crippen molar-refractivity contribution in [2.45, 2.75) is 25.5 Å². The number of halogens is 3. The van der Waals surface area contributed by atoms with Gasteiger partial charge < -0.3 is 20.3 Å². The summed E-state index contributed by atoms with van der Waals surface area (Å²) in [6.45, 7) is 3.67. The van der Waals surface area contributed by atoms with E-state index in [4.69, 9.17) is 4.74 Å². The Bertz CT molecular complexity index is 823. The molecule has 2 N–H and O–H groups in total. The quantitative estimate of drug-likeness (QED) is 0.350. The number of nitrogens with one attached hydrogen (secondary N) is 2. The number of anilines is 1. The number of nitrogens with zero attached hydrogens (tertiary/aromatic N) is 3. The number of hydrogen-bond acceptors (Lipinski definition) is 4. The maximum Gasteiger partial charge on any atom is 0.191 e. The number of aliphatic imine (C=N–C) groups is 1. The standard InChI is InChI=1S/C20H25F2N5O.HI/c1-14(28-18-8-4-3-6-16(18)21)12-25-20(23-2)26-15-9-11-27(13-15)19-17(22)7-5-10-24-19;/h3-8,10,14-15H,9,11-13H2,1-2H3,(H2,23,25,26);1H. The Kier molecular flexibility index (Phi) is 8.87. The summed E-state index contributed by atoms with van der Waals surface area (Å²) in [6, 6.07) is 9.44. The third-order valence-electron chi connectivity index (χ3n) is 4.51. The fourth-order valence-electron chi connectivity index (χ4n) is 3.11. The lowest BCUT2D eigenvalue weighted by molar-refractivity contribution is 0.214. The summed E-state index contributed by atoms with van der Waals surface area (Å²) in [4.78, 5) is 10.3. The van der Waals surface area contributed by atoms with Crippen molar-refractivity contribution in [3.05, 3.63) is 54.2 Å². The van der Waals surface area contributed by atoms with Gasteiger partial charge in [0.1, 0.15) is 6.10 Å². The van der Waals surface area contributed by atoms with Crippen molar-refractivity contribution in [1.29, 1.82) is 0 Å². The summed E-state index contributed by atoms with van der Waals surface area (Å²) >= 11 is 0. The van der Waals surface area contributed by atoms with E-state index < -0.39 is 0 Å². The number of ether oxygens (including phenoxy) is 1. The van der Waals surface area contributed by atoms with Crippen LogP contribution in [0.25, 0.3) is 0 Å². The minimum absolute atomic E-state index is 0. The molecule has 1 aliphatic heterocycles. The van der Waals surface area contributed by atoms with Gasteiger partial charge in [0.05, 0.1) is 6.54 Å². The zero-order valence-electron chi connectivity index (χ0n) is 16.4. The molecule has 0 aliphatic carbocycles. The van der Waals surface area contributed by atoms with Crippen molar-refractivity contribution in [1.82, 2.24) is 15.6 Å². The SMILES string of the molecule is CN=C(NCC(C)Oc1ccccc1F)NC1CCN(c2ncccc2F)C1.I. The molecule has 0 radical (unpaired) electrons. The average molecular weight is 517 g/mol. The van der Waals surface area contributed by atoms with Crippen molar-refractivity contribution < 1.29 is 13.5 Å². The van der Waals surface area contributed by atoms with E-state index in [0.29, 0.717) is 24.9 Å². The average Bonchev–Trinajstić information content (AvgIpc) is 3.15. The Hall–Kier alpha value is -2.17. The maximum atomic E-state index is 13.9. The first-order valence-electron chi connectivity index (χ1n) is 9.30. The largest absolute Gasteiger partial charge is 0.486 e. The summed E-state index contributed by atoms with van der Waals surface area (Å²) < 4.78 is 33.2. The van der Waals surface area contributed by atoms with Gasteiger partial charge in [-0.15, -0.1) is 24.0 Å². The van der Waals surface area contributed by atoms with E-state index in [9.17, 15) is 8.78 Å². The Morgan fingerprint density at radius 2 is 2.03 bits per heavy atom. The van der Waals surface area contributed by atoms with E-state index in [-0.39, 0.29) is 53.5 Å². The molecule has 1 aromatic heterocycles. The highest BCUT2D eigenvalue weighted by Gasteiger charge is 2.26. The fourth-order valence-corrected chi connectivity index (χ4v) is 3.11. The van der Waals surface area contributed by atoms with Crippen molar-refractivity contribution >= 4 is 35.8 Å². The van der Waals surface area contributed by atoms with Gasteiger partial charge in [-0.05, 0) is 37.6 Å². The molecule has 0 spiro atoms. The monoisotopic (exact) mass is 517 g/mol. The Balaban J connectivity index is 0.00000300. The number of aromatic nitrogens is 1. The van der Waals surface area contributed by atoms with Crippen LogP contribution in [0.5, 0.6) is 5.75 Å². The molecule has 0 saturated carbocycles. The first kappa shape index (κ1) is 23.1. The molecule has 0 bridgehead atoms. The summed E-state index contributed by atoms with van der Waals surface area (Å²) in [5.74, 6) is 0.525. The zero-order valence-corrected chi connectivity index (χ0v) is 18.8. The predicted octanol–water partition coefficient (Wildman–Crippen LogP) is 3.19. The molecule has 1 saturated heterocycles. The van der Waals surface area contributed by atoms with Gasteiger partial charge in [-0.25, -0.2) is 13.8 Å². The Morgan fingerprint density at radius 3 is 2.76 bits per heavy atom. The van der Waals surface area contributed by atoms with Gasteiger partial charge in [0.15, 0.2) is 29.2 Å². The summed E-state index contributed by atoms with van der Waals surface area (Å²) in [7, 11) is 1.68. The molecule has 0 amide bonds. The number of rotatable bonds is 6. The minimum Gasteiger partial charge on any atom is -0.486 e. The molecule has 1 fully saturated rings. The number of para-hydroxylation sites is 1. The molecule has 2 heterocycles. The van der Waals surface area contributed by atoms with E-state index in [2.05, 4.69) is 20.6 Å². The van der Waals surface area contributed by atoms with Crippen LogP contribution in [0.3, 0.4) is 0 Å². The lowest BCUT2D eigenvalue weighted by Crippen LogP contribution is -2.47. The molecule has 2 atom stereocenters. The van der Waals surface area contributed by atoms with Crippen molar-refractivity contribution in [2.24, 2.45) is 4.99 Å². The molecule has 3 rings (SSSR count). The molecule has 29 heavy (non-hydrogen) atoms. The third-order valence-corrected chi connectivity index (χ3v) is 4.51. The van der Waals surface area contributed by atoms with Crippen LogP contribution in [0.1, 0.15) is 13.3 Å². The number of hydrogen-bond donors (Lipinski definition) is 2. The number of guanidine groups is 1. The minimum atomic E-state index is -0.385. The second-order valence-electron chi connectivity index (χ2n) is 6.70. The van der Waals surface area contributed by atoms with Crippen molar-refractivity contribution in [2.75, 3.05) is 31.6 Å². The van der Waals surface area contributed by atoms with E-state index in [0.717, 1.165) is 13.0 Å². The number of pyridine rings is 1. The molecule has 158 valence electrons. The fraction of sp³-hybridized carbons (Fsp3) is 0.400. The van der Waals surface area contributed by atoms with Gasteiger partial charge in [-0.2, -0.15) is 0 Å². The maximum absolute atomic E-state index is 13.9. The molecule has 2 unspecified atom stereocenters. The lowest BCUT2D eigenvalue weighted by Gasteiger charge is -2.21. The summed E-state index contributed by atoms with van der Waals surface area (Å²) in [5.41, 5.74) is 0. The van der Waals surface area contributed by atoms with Crippen LogP contribution in [0.4, 0.5) is 14.6 Å². The highest BCUT2D eigenvalue weighted by Crippen LogP contribution is 2.20. The van der Waals surface area contributed by atoms with Crippen LogP contribution in [-0.2, 0) is 0 Å². The van der Waals surface area contributed by atoms with Gasteiger partial charge >= 0.3 is 0 Å². The van der Waals surface area contributed by atoms with E-state index in [1.807, 2.05) is 11.8 Å². The molecule has 1 aliphatic rings. The van der Waals surface area contributed by atoms with E-state index in [1.165, 1.54) is 12.1 Å². The molecule has 9 heteroatoms. The van der Waals surface area contributed by atoms with E-state index >= 15 is 0 Å². The van der Waals surface area contributed by atoms with Crippen LogP contribution in [0.2, 0.25) is 0 Å². The predicted molar refractivity (Wildman–Crippen MR) is 121 cm³/mol. The first-order valence-corrected chi connectivity index (χ1v) is 9.30. The summed E-state index contributed by atoms with van der Waals surface area (Å²) in [5, 5.41) is 6.52. The van der Waals surface area contributed by atoms with Crippen molar-refractivity contribution in [3.8, 4) is 5.75 Å². The zero-order chi connectivity index (χ0) is 19.9. The van der Waals surface area contributed by atoms with Gasteiger partial charge in [0.25, 0.3) is 0 Å². The van der Waals surface area contributed by atoms with Crippen LogP contribution < -0.4 is 20.3 Å². The lowest BCUT2D eigenvalue weighted by atomic mass is 10.3. The first-order chi connectivity index (χ1) is 13.6. The topological polar surface area (TPSA) is 61.8 Å². The molecule has 1 aromatic carbocycles. The van der Waals surface area contributed by atoms with E-state index in [1.54, 1.807) is 37.5 Å². The van der Waals surface area contributed by atoms with Crippen LogP contribution in [0, 0.1) is 11.6 Å². The normalized spacial score (nSPS) is 17.4. The molecule has 6 nitrogen and oxygen atoms in total. The van der Waals surface area contributed by atoms with Gasteiger partial charge in [0, 0.05) is 32.4 Å². The highest BCUT2D eigenvalue weighted by atomic mass is 127. The number of benzene rings is 1. The molecule has 2 aromatic rings. The second-order valence-corrected chi connectivity index (χ2v) is 6.70. The van der Waals surface area contributed by atoms with Gasteiger partial charge in [0.2, 0.25) is 0 Å². The van der Waals surface area contributed by atoms with Crippen LogP contribution >= 0.6 is 24.0 Å². The van der Waals surface area contributed by atoms with Crippen LogP contribution in [-0.4, -0.2) is 49.8 Å².